The van der Waals surface area contributed by atoms with Gasteiger partial charge in [0.05, 0.1) is 44.2 Å². The van der Waals surface area contributed by atoms with Crippen molar-refractivity contribution >= 4 is 11.9 Å². The van der Waals surface area contributed by atoms with Crippen LogP contribution in [0.4, 0.5) is 0 Å². The molecule has 122 valence electrons. The van der Waals surface area contributed by atoms with Crippen LogP contribution in [0.15, 0.2) is 18.2 Å². The van der Waals surface area contributed by atoms with Crippen molar-refractivity contribution in [2.24, 2.45) is 0 Å². The van der Waals surface area contributed by atoms with Crippen LogP contribution in [-0.2, 0) is 9.47 Å². The van der Waals surface area contributed by atoms with Gasteiger partial charge in [-0.1, -0.05) is 0 Å². The first-order valence-electron chi connectivity index (χ1n) is 6.55. The van der Waals surface area contributed by atoms with Crippen molar-refractivity contribution in [1.82, 2.24) is 0 Å². The minimum absolute atomic E-state index is 0.0467. The Kier molecular flexibility index (Phi) is 7.90. The lowest BCUT2D eigenvalue weighted by Gasteiger charge is -2.09. The summed E-state index contributed by atoms with van der Waals surface area (Å²) < 4.78 is 15.5. The number of benzene rings is 1. The van der Waals surface area contributed by atoms with Gasteiger partial charge in [0, 0.05) is 0 Å². The van der Waals surface area contributed by atoms with Gasteiger partial charge in [0.25, 0.3) is 0 Å². The molecule has 0 atom stereocenters. The van der Waals surface area contributed by atoms with Crippen molar-refractivity contribution in [2.45, 2.75) is 0 Å². The molecule has 0 aliphatic carbocycles. The highest BCUT2D eigenvalue weighted by molar-refractivity contribution is 5.94. The van der Waals surface area contributed by atoms with Gasteiger partial charge in [-0.2, -0.15) is 0 Å². The van der Waals surface area contributed by atoms with Crippen LogP contribution in [0.1, 0.15) is 20.7 Å². The molecule has 0 aliphatic rings. The highest BCUT2D eigenvalue weighted by atomic mass is 16.5. The van der Waals surface area contributed by atoms with E-state index in [2.05, 4.69) is 0 Å². The molecule has 8 heteroatoms. The first kappa shape index (κ1) is 17.9. The maximum atomic E-state index is 10.9. The van der Waals surface area contributed by atoms with Gasteiger partial charge in [0.1, 0.15) is 12.4 Å². The Morgan fingerprint density at radius 3 is 1.82 bits per heavy atom. The summed E-state index contributed by atoms with van der Waals surface area (Å²) >= 11 is 0. The molecular formula is C14H18O8. The summed E-state index contributed by atoms with van der Waals surface area (Å²) in [4.78, 5) is 21.8. The van der Waals surface area contributed by atoms with E-state index in [1.54, 1.807) is 0 Å². The Hall–Kier alpha value is -2.16. The third kappa shape index (κ3) is 6.53. The van der Waals surface area contributed by atoms with Crippen LogP contribution in [0.2, 0.25) is 0 Å². The number of ether oxygens (including phenoxy) is 3. The average molecular weight is 314 g/mol. The second-order valence-electron chi connectivity index (χ2n) is 4.15. The SMILES string of the molecule is O=C(O)c1cc(OCCOCCOCCO)cc(C(=O)O)c1. The maximum Gasteiger partial charge on any atom is 0.335 e. The molecule has 1 rings (SSSR count). The molecule has 3 N–H and O–H groups in total. The van der Waals surface area contributed by atoms with Crippen LogP contribution in [0.25, 0.3) is 0 Å². The van der Waals surface area contributed by atoms with E-state index in [1.807, 2.05) is 0 Å². The summed E-state index contributed by atoms with van der Waals surface area (Å²) in [5.41, 5.74) is -0.318. The minimum atomic E-state index is -1.23. The van der Waals surface area contributed by atoms with E-state index >= 15 is 0 Å². The molecule has 1 aromatic rings. The number of carboxylic acid groups (broad SMARTS) is 2. The van der Waals surface area contributed by atoms with Crippen molar-refractivity contribution in [2.75, 3.05) is 39.6 Å². The molecule has 0 fully saturated rings. The van der Waals surface area contributed by atoms with E-state index in [4.69, 9.17) is 29.5 Å². The fraction of sp³-hybridized carbons (Fsp3) is 0.429. The molecule has 0 saturated carbocycles. The van der Waals surface area contributed by atoms with Crippen molar-refractivity contribution in [3.63, 3.8) is 0 Å². The van der Waals surface area contributed by atoms with Gasteiger partial charge in [0.2, 0.25) is 0 Å². The quantitative estimate of drug-likeness (QED) is 0.504. The van der Waals surface area contributed by atoms with Crippen molar-refractivity contribution < 1.29 is 39.1 Å². The molecule has 0 unspecified atom stereocenters. The van der Waals surface area contributed by atoms with E-state index in [-0.39, 0.29) is 43.3 Å². The van der Waals surface area contributed by atoms with Gasteiger partial charge in [-0.05, 0) is 18.2 Å². The molecule has 0 bridgehead atoms. The molecule has 0 aromatic heterocycles. The van der Waals surface area contributed by atoms with Crippen molar-refractivity contribution in [3.05, 3.63) is 29.3 Å². The highest BCUT2D eigenvalue weighted by Crippen LogP contribution is 2.17. The summed E-state index contributed by atoms with van der Waals surface area (Å²) in [6.07, 6.45) is 0. The monoisotopic (exact) mass is 314 g/mol. The van der Waals surface area contributed by atoms with Gasteiger partial charge < -0.3 is 29.5 Å². The first-order valence-corrected chi connectivity index (χ1v) is 6.55. The number of carbonyl (C=O) groups is 2. The molecule has 8 nitrogen and oxygen atoms in total. The number of carboxylic acids is 2. The Morgan fingerprint density at radius 1 is 0.818 bits per heavy atom. The van der Waals surface area contributed by atoms with Crippen LogP contribution in [0.5, 0.6) is 5.75 Å². The molecule has 22 heavy (non-hydrogen) atoms. The number of aliphatic hydroxyl groups excluding tert-OH is 1. The average Bonchev–Trinajstić information content (AvgIpc) is 2.49. The fourth-order valence-electron chi connectivity index (χ4n) is 1.53. The molecule has 0 amide bonds. The molecule has 0 heterocycles. The summed E-state index contributed by atoms with van der Waals surface area (Å²) in [7, 11) is 0. The molecule has 1 aromatic carbocycles. The van der Waals surface area contributed by atoms with Crippen molar-refractivity contribution in [3.8, 4) is 5.75 Å². The number of hydrogen-bond acceptors (Lipinski definition) is 6. The summed E-state index contributed by atoms with van der Waals surface area (Å²) in [6.45, 7) is 1.26. The minimum Gasteiger partial charge on any atom is -0.491 e. The number of aromatic carboxylic acids is 2. The van der Waals surface area contributed by atoms with Gasteiger partial charge in [0.15, 0.2) is 0 Å². The largest absolute Gasteiger partial charge is 0.491 e. The summed E-state index contributed by atoms with van der Waals surface area (Å²) in [6, 6.07) is 3.56. The van der Waals surface area contributed by atoms with Crippen LogP contribution in [-0.4, -0.2) is 66.9 Å². The number of rotatable bonds is 11. The van der Waals surface area contributed by atoms with Crippen LogP contribution >= 0.6 is 0 Å². The smallest absolute Gasteiger partial charge is 0.335 e. The van der Waals surface area contributed by atoms with E-state index in [0.29, 0.717) is 13.2 Å². The summed E-state index contributed by atoms with van der Waals surface area (Å²) in [5, 5.41) is 26.3. The lowest BCUT2D eigenvalue weighted by molar-refractivity contribution is 0.0247. The van der Waals surface area contributed by atoms with Crippen LogP contribution < -0.4 is 4.74 Å². The fourth-order valence-corrected chi connectivity index (χ4v) is 1.53. The zero-order valence-electron chi connectivity index (χ0n) is 11.9. The van der Waals surface area contributed by atoms with E-state index < -0.39 is 11.9 Å². The van der Waals surface area contributed by atoms with E-state index in [0.717, 1.165) is 6.07 Å². The molecule has 0 saturated heterocycles. The Bertz CT molecular complexity index is 467. The first-order chi connectivity index (χ1) is 10.5. The van der Waals surface area contributed by atoms with Crippen LogP contribution in [0, 0.1) is 0 Å². The second-order valence-corrected chi connectivity index (χ2v) is 4.15. The lowest BCUT2D eigenvalue weighted by atomic mass is 10.1. The third-order valence-corrected chi connectivity index (χ3v) is 2.50. The van der Waals surface area contributed by atoms with Gasteiger partial charge in [-0.3, -0.25) is 0 Å². The zero-order valence-corrected chi connectivity index (χ0v) is 11.9. The maximum absolute atomic E-state index is 10.9. The normalized spacial score (nSPS) is 10.4. The molecule has 0 radical (unpaired) electrons. The Morgan fingerprint density at radius 2 is 1.32 bits per heavy atom. The second kappa shape index (κ2) is 9.72. The number of aliphatic hydroxyl groups is 1. The van der Waals surface area contributed by atoms with Gasteiger partial charge in [-0.25, -0.2) is 9.59 Å². The predicted octanol–water partition coefficient (Wildman–Crippen LogP) is 0.487. The summed E-state index contributed by atoms with van der Waals surface area (Å²) in [5.74, 6) is -2.31. The van der Waals surface area contributed by atoms with E-state index in [9.17, 15) is 9.59 Å². The number of hydrogen-bond donors (Lipinski definition) is 3. The van der Waals surface area contributed by atoms with Crippen LogP contribution in [0.3, 0.4) is 0 Å². The van der Waals surface area contributed by atoms with Gasteiger partial charge in [-0.15, -0.1) is 0 Å². The Balaban J connectivity index is 2.42. The zero-order chi connectivity index (χ0) is 16.4. The van der Waals surface area contributed by atoms with Gasteiger partial charge >= 0.3 is 11.9 Å². The van der Waals surface area contributed by atoms with Crippen molar-refractivity contribution in [1.29, 1.82) is 0 Å². The molecule has 0 spiro atoms. The highest BCUT2D eigenvalue weighted by Gasteiger charge is 2.12. The third-order valence-electron chi connectivity index (χ3n) is 2.50. The molecular weight excluding hydrogens is 296 g/mol. The lowest BCUT2D eigenvalue weighted by Crippen LogP contribution is -2.12. The topological polar surface area (TPSA) is 123 Å². The Labute approximate surface area is 126 Å². The standard InChI is InChI=1S/C14H18O8/c15-1-2-20-3-4-21-5-6-22-12-8-10(13(16)17)7-11(9-12)14(18)19/h7-9,15H,1-6H2,(H,16,17)(H,18,19). The van der Waals surface area contributed by atoms with E-state index in [1.165, 1.54) is 12.1 Å². The predicted molar refractivity (Wildman–Crippen MR) is 74.6 cm³/mol. The molecule has 0 aliphatic heterocycles.